The lowest BCUT2D eigenvalue weighted by Gasteiger charge is -2.03. The van der Waals surface area contributed by atoms with Crippen LogP contribution in [0.25, 0.3) is 9.66 Å². The minimum atomic E-state index is 1.09. The second-order valence-corrected chi connectivity index (χ2v) is 5.93. The van der Waals surface area contributed by atoms with Gasteiger partial charge in [0.15, 0.2) is 0 Å². The van der Waals surface area contributed by atoms with E-state index in [-0.39, 0.29) is 0 Å². The molecule has 0 bridgehead atoms. The number of rotatable bonds is 2. The predicted molar refractivity (Wildman–Crippen MR) is 100 cm³/mol. The van der Waals surface area contributed by atoms with Gasteiger partial charge < -0.3 is 0 Å². The van der Waals surface area contributed by atoms with Gasteiger partial charge in [0.05, 0.1) is 0 Å². The minimum Gasteiger partial charge on any atom is -0.0871 e. The fourth-order valence-electron chi connectivity index (χ4n) is 1.75. The second-order valence-electron chi connectivity index (χ2n) is 4.63. The smallest absolute Gasteiger partial charge is 0.0131 e. The van der Waals surface area contributed by atoms with E-state index in [9.17, 15) is 0 Å². The van der Waals surface area contributed by atoms with Gasteiger partial charge in [-0.05, 0) is 60.1 Å². The Balaban J connectivity index is 0.000000240. The highest BCUT2D eigenvalue weighted by molar-refractivity contribution is 14.1. The lowest BCUT2D eigenvalue weighted by molar-refractivity contribution is 1.43. The molecule has 0 N–H and O–H groups in total. The third-order valence-electron chi connectivity index (χ3n) is 2.87. The first-order valence-corrected chi connectivity index (χ1v) is 7.72. The van der Waals surface area contributed by atoms with Crippen LogP contribution in [0.3, 0.4) is 0 Å². The topological polar surface area (TPSA) is 0 Å². The summed E-state index contributed by atoms with van der Waals surface area (Å²) in [6.45, 7) is 10.1. The van der Waals surface area contributed by atoms with Crippen LogP contribution in [0.5, 0.6) is 0 Å². The fraction of sp³-hybridized carbons (Fsp3) is 0.158. The van der Waals surface area contributed by atoms with Crippen molar-refractivity contribution in [1.82, 2.24) is 0 Å². The highest BCUT2D eigenvalue weighted by atomic mass is 127. The van der Waals surface area contributed by atoms with Crippen molar-refractivity contribution in [1.29, 1.82) is 0 Å². The van der Waals surface area contributed by atoms with Gasteiger partial charge in [0.1, 0.15) is 0 Å². The average Bonchev–Trinajstić information content (AvgIpc) is 2.42. The van der Waals surface area contributed by atoms with E-state index in [1.807, 2.05) is 25.1 Å². The molecule has 1 heteroatoms. The third-order valence-corrected chi connectivity index (χ3v) is 3.49. The molecule has 0 amide bonds. The zero-order valence-corrected chi connectivity index (χ0v) is 14.5. The Morgan fingerprint density at radius 2 is 1.70 bits per heavy atom. The van der Waals surface area contributed by atoms with Gasteiger partial charge in [-0.15, -0.1) is 0 Å². The van der Waals surface area contributed by atoms with Crippen LogP contribution in [-0.4, -0.2) is 0 Å². The SMILES string of the molecule is C=C(I)c1ccc(/C=C\C)c(C)c1.Cc1ccccc1. The van der Waals surface area contributed by atoms with Crippen LogP contribution >= 0.6 is 22.6 Å². The summed E-state index contributed by atoms with van der Waals surface area (Å²) in [5.74, 6) is 0. The first-order chi connectivity index (χ1) is 9.54. The molecule has 0 radical (unpaired) electrons. The first-order valence-electron chi connectivity index (χ1n) is 6.64. The second kappa shape index (κ2) is 8.75. The van der Waals surface area contributed by atoms with E-state index >= 15 is 0 Å². The molecule has 0 aromatic heterocycles. The van der Waals surface area contributed by atoms with Gasteiger partial charge in [-0.3, -0.25) is 0 Å². The molecule has 0 saturated carbocycles. The summed E-state index contributed by atoms with van der Waals surface area (Å²) in [6.07, 6.45) is 4.18. The van der Waals surface area contributed by atoms with Crippen LogP contribution in [0, 0.1) is 13.8 Å². The number of benzene rings is 2. The maximum Gasteiger partial charge on any atom is 0.0131 e. The zero-order chi connectivity index (χ0) is 15.0. The number of hydrogen-bond acceptors (Lipinski definition) is 0. The Hall–Kier alpha value is -1.35. The molecule has 0 fully saturated rings. The number of hydrogen-bond donors (Lipinski definition) is 0. The highest BCUT2D eigenvalue weighted by Gasteiger charge is 1.97. The van der Waals surface area contributed by atoms with Crippen molar-refractivity contribution in [2.75, 3.05) is 0 Å². The van der Waals surface area contributed by atoms with Gasteiger partial charge in [0.2, 0.25) is 0 Å². The van der Waals surface area contributed by atoms with Crippen molar-refractivity contribution in [3.8, 4) is 0 Å². The van der Waals surface area contributed by atoms with Crippen LogP contribution in [0.15, 0.2) is 61.2 Å². The van der Waals surface area contributed by atoms with Gasteiger partial charge >= 0.3 is 0 Å². The van der Waals surface area contributed by atoms with E-state index in [2.05, 4.69) is 85.5 Å². The molecule has 0 aliphatic rings. The molecule has 2 rings (SSSR count). The van der Waals surface area contributed by atoms with Crippen molar-refractivity contribution in [2.45, 2.75) is 20.8 Å². The Kier molecular flexibility index (Phi) is 7.31. The summed E-state index contributed by atoms with van der Waals surface area (Å²) in [5.41, 5.74) is 5.12. The molecule has 0 aliphatic carbocycles. The Morgan fingerprint density at radius 1 is 1.05 bits per heavy atom. The molecule has 0 unspecified atom stereocenters. The normalized spacial score (nSPS) is 10.0. The zero-order valence-electron chi connectivity index (χ0n) is 12.4. The summed E-state index contributed by atoms with van der Waals surface area (Å²) >= 11 is 2.25. The molecule has 0 spiro atoms. The van der Waals surface area contributed by atoms with E-state index < -0.39 is 0 Å². The van der Waals surface area contributed by atoms with Gasteiger partial charge in [-0.2, -0.15) is 0 Å². The quantitative estimate of drug-likeness (QED) is 0.530. The Bertz CT molecular complexity index is 580. The highest BCUT2D eigenvalue weighted by Crippen LogP contribution is 2.22. The number of allylic oxidation sites excluding steroid dienone is 1. The van der Waals surface area contributed by atoms with Gasteiger partial charge in [0.25, 0.3) is 0 Å². The molecular formula is C19H21I. The molecular weight excluding hydrogens is 355 g/mol. The maximum atomic E-state index is 3.91. The average molecular weight is 376 g/mol. The van der Waals surface area contributed by atoms with Gasteiger partial charge in [0, 0.05) is 3.58 Å². The fourth-order valence-corrected chi connectivity index (χ4v) is 2.08. The lowest BCUT2D eigenvalue weighted by Crippen LogP contribution is -1.83. The number of aryl methyl sites for hydroxylation is 2. The van der Waals surface area contributed by atoms with E-state index in [0.29, 0.717) is 0 Å². The molecule has 20 heavy (non-hydrogen) atoms. The van der Waals surface area contributed by atoms with Crippen molar-refractivity contribution in [3.05, 3.63) is 83.4 Å². The van der Waals surface area contributed by atoms with E-state index in [1.54, 1.807) is 0 Å². The van der Waals surface area contributed by atoms with Crippen LogP contribution in [0.4, 0.5) is 0 Å². The third kappa shape index (κ3) is 5.74. The Morgan fingerprint density at radius 3 is 2.10 bits per heavy atom. The van der Waals surface area contributed by atoms with Gasteiger partial charge in [-0.1, -0.05) is 72.8 Å². The maximum absolute atomic E-state index is 3.91. The minimum absolute atomic E-state index is 1.09. The first kappa shape index (κ1) is 16.7. The van der Waals surface area contributed by atoms with Crippen molar-refractivity contribution >= 4 is 32.2 Å². The molecule has 0 aliphatic heterocycles. The molecule has 0 nitrogen and oxygen atoms in total. The lowest BCUT2D eigenvalue weighted by atomic mass is 10.0. The van der Waals surface area contributed by atoms with Crippen LogP contribution in [0.1, 0.15) is 29.2 Å². The largest absolute Gasteiger partial charge is 0.0871 e. The molecule has 2 aromatic rings. The standard InChI is InChI=1S/C12H13I.C7H8/c1-4-5-11-6-7-12(10(3)13)8-9(11)2;1-7-5-3-2-4-6-7/h4-8H,3H2,1-2H3;2-6H,1H3/b5-4-;. The van der Waals surface area contributed by atoms with E-state index in [1.165, 1.54) is 22.3 Å². The predicted octanol–water partition coefficient (Wildman–Crippen LogP) is 6.43. The summed E-state index contributed by atoms with van der Waals surface area (Å²) in [7, 11) is 0. The molecule has 2 aromatic carbocycles. The van der Waals surface area contributed by atoms with Gasteiger partial charge in [-0.25, -0.2) is 0 Å². The summed E-state index contributed by atoms with van der Waals surface area (Å²) in [5, 5.41) is 0. The van der Waals surface area contributed by atoms with Crippen molar-refractivity contribution in [2.24, 2.45) is 0 Å². The summed E-state index contributed by atoms with van der Waals surface area (Å²) in [6, 6.07) is 16.7. The monoisotopic (exact) mass is 376 g/mol. The van der Waals surface area contributed by atoms with Crippen LogP contribution in [0.2, 0.25) is 0 Å². The van der Waals surface area contributed by atoms with E-state index in [4.69, 9.17) is 0 Å². The summed E-state index contributed by atoms with van der Waals surface area (Å²) < 4.78 is 1.09. The Labute approximate surface area is 136 Å². The van der Waals surface area contributed by atoms with Crippen molar-refractivity contribution in [3.63, 3.8) is 0 Å². The van der Waals surface area contributed by atoms with E-state index in [0.717, 1.165) is 3.58 Å². The van der Waals surface area contributed by atoms with Crippen LogP contribution < -0.4 is 0 Å². The van der Waals surface area contributed by atoms with Crippen molar-refractivity contribution < 1.29 is 0 Å². The number of halogens is 1. The molecule has 0 heterocycles. The molecule has 104 valence electrons. The summed E-state index contributed by atoms with van der Waals surface area (Å²) in [4.78, 5) is 0. The molecule has 0 saturated heterocycles. The van der Waals surface area contributed by atoms with Crippen LogP contribution in [-0.2, 0) is 0 Å². The molecule has 0 atom stereocenters.